The number of aromatic nitrogens is 2. The Kier molecular flexibility index (Phi) is 5.03. The quantitative estimate of drug-likeness (QED) is 0.744. The molecule has 27 heavy (non-hydrogen) atoms. The van der Waals surface area contributed by atoms with Crippen molar-refractivity contribution in [1.82, 2.24) is 9.55 Å². The third-order valence-corrected chi connectivity index (χ3v) is 4.75. The van der Waals surface area contributed by atoms with Gasteiger partial charge in [0.25, 0.3) is 5.56 Å². The number of nitrogens with one attached hydrogen (secondary N) is 1. The molecule has 7 nitrogen and oxygen atoms in total. The highest BCUT2D eigenvalue weighted by Gasteiger charge is 2.24. The minimum atomic E-state index is -0.700. The molecule has 3 aromatic rings. The number of carbonyl (C=O) groups is 1. The van der Waals surface area contributed by atoms with E-state index in [0.29, 0.717) is 34.7 Å². The van der Waals surface area contributed by atoms with Crippen molar-refractivity contribution in [3.63, 3.8) is 0 Å². The second kappa shape index (κ2) is 7.26. The van der Waals surface area contributed by atoms with Crippen molar-refractivity contribution >= 4 is 22.7 Å². The summed E-state index contributed by atoms with van der Waals surface area (Å²) in [5.41, 5.74) is 2.31. The first-order valence-corrected chi connectivity index (χ1v) is 8.79. The van der Waals surface area contributed by atoms with Crippen LogP contribution in [0.3, 0.4) is 0 Å². The summed E-state index contributed by atoms with van der Waals surface area (Å²) in [6, 6.07) is 4.83. The molecule has 1 amide bonds. The van der Waals surface area contributed by atoms with Crippen LogP contribution in [0.4, 0.5) is 5.69 Å². The molecule has 1 aromatic carbocycles. The standard InChI is InChI=1S/C20H23N3O4/c1-6-15(18(24)22-14-9-11(2)7-8-16(14)26-5)23-10-21-19-17(20(23)25)12(3)13(4)27-19/h7-10,15H,6H2,1-5H3,(H,22,24). The monoisotopic (exact) mass is 369 g/mol. The van der Waals surface area contributed by atoms with Gasteiger partial charge in [-0.25, -0.2) is 4.98 Å². The largest absolute Gasteiger partial charge is 0.495 e. The third kappa shape index (κ3) is 3.32. The lowest BCUT2D eigenvalue weighted by atomic mass is 10.1. The maximum absolute atomic E-state index is 13.0. The number of ether oxygens (including phenoxy) is 1. The molecule has 1 N–H and O–H groups in total. The Morgan fingerprint density at radius 3 is 2.74 bits per heavy atom. The van der Waals surface area contributed by atoms with Gasteiger partial charge in [0.1, 0.15) is 29.3 Å². The maximum atomic E-state index is 13.0. The van der Waals surface area contributed by atoms with E-state index in [2.05, 4.69) is 10.3 Å². The van der Waals surface area contributed by atoms with Gasteiger partial charge in [-0.15, -0.1) is 0 Å². The molecule has 0 aliphatic rings. The zero-order valence-electron chi connectivity index (χ0n) is 16.1. The molecule has 1 atom stereocenters. The van der Waals surface area contributed by atoms with Gasteiger partial charge < -0.3 is 14.5 Å². The Morgan fingerprint density at radius 1 is 1.33 bits per heavy atom. The zero-order chi connectivity index (χ0) is 19.7. The van der Waals surface area contributed by atoms with Gasteiger partial charge in [-0.3, -0.25) is 14.2 Å². The van der Waals surface area contributed by atoms with Crippen LogP contribution in [0.15, 0.2) is 33.7 Å². The van der Waals surface area contributed by atoms with Crippen molar-refractivity contribution in [2.24, 2.45) is 0 Å². The van der Waals surface area contributed by atoms with Crippen molar-refractivity contribution in [1.29, 1.82) is 0 Å². The summed E-state index contributed by atoms with van der Waals surface area (Å²) in [6.07, 6.45) is 1.80. The van der Waals surface area contributed by atoms with Crippen molar-refractivity contribution in [3.8, 4) is 5.75 Å². The molecule has 0 fully saturated rings. The number of rotatable bonds is 5. The van der Waals surface area contributed by atoms with Crippen LogP contribution >= 0.6 is 0 Å². The smallest absolute Gasteiger partial charge is 0.265 e. The van der Waals surface area contributed by atoms with E-state index in [1.807, 2.05) is 32.9 Å². The van der Waals surface area contributed by atoms with E-state index in [9.17, 15) is 9.59 Å². The van der Waals surface area contributed by atoms with E-state index in [-0.39, 0.29) is 11.5 Å². The predicted octanol–water partition coefficient (Wildman–Crippen LogP) is 3.51. The summed E-state index contributed by atoms with van der Waals surface area (Å²) in [4.78, 5) is 30.1. The predicted molar refractivity (Wildman–Crippen MR) is 103 cm³/mol. The molecular formula is C20H23N3O4. The Hall–Kier alpha value is -3.09. The lowest BCUT2D eigenvalue weighted by molar-refractivity contribution is -0.119. The number of carbonyl (C=O) groups excluding carboxylic acids is 1. The molecule has 0 spiro atoms. The number of fused-ring (bicyclic) bond motifs is 1. The average Bonchev–Trinajstić information content (AvgIpc) is 2.92. The van der Waals surface area contributed by atoms with Crippen molar-refractivity contribution < 1.29 is 13.9 Å². The van der Waals surface area contributed by atoms with Gasteiger partial charge in [0.05, 0.1) is 12.8 Å². The van der Waals surface area contributed by atoms with Crippen molar-refractivity contribution in [2.45, 2.75) is 40.2 Å². The van der Waals surface area contributed by atoms with Gasteiger partial charge in [-0.05, 0) is 44.9 Å². The molecule has 3 rings (SSSR count). The van der Waals surface area contributed by atoms with Crippen LogP contribution < -0.4 is 15.6 Å². The number of hydrogen-bond acceptors (Lipinski definition) is 5. The second-order valence-electron chi connectivity index (χ2n) is 6.54. The summed E-state index contributed by atoms with van der Waals surface area (Å²) in [6.45, 7) is 7.38. The SMILES string of the molecule is CCC(C(=O)Nc1cc(C)ccc1OC)n1cnc2oc(C)c(C)c2c1=O. The van der Waals surface area contributed by atoms with Gasteiger partial charge in [0.15, 0.2) is 0 Å². The topological polar surface area (TPSA) is 86.4 Å². The molecule has 142 valence electrons. The third-order valence-electron chi connectivity index (χ3n) is 4.75. The van der Waals surface area contributed by atoms with Gasteiger partial charge in [0, 0.05) is 5.56 Å². The zero-order valence-corrected chi connectivity index (χ0v) is 16.1. The molecular weight excluding hydrogens is 346 g/mol. The lowest BCUT2D eigenvalue weighted by Gasteiger charge is -2.18. The minimum absolute atomic E-state index is 0.285. The summed E-state index contributed by atoms with van der Waals surface area (Å²) in [5, 5.41) is 3.28. The van der Waals surface area contributed by atoms with E-state index in [1.165, 1.54) is 10.9 Å². The van der Waals surface area contributed by atoms with Crippen LogP contribution in [0.1, 0.15) is 36.3 Å². The van der Waals surface area contributed by atoms with Crippen molar-refractivity contribution in [2.75, 3.05) is 12.4 Å². The fraction of sp³-hybridized carbons (Fsp3) is 0.350. The number of anilines is 1. The fourth-order valence-electron chi connectivity index (χ4n) is 3.11. The first-order chi connectivity index (χ1) is 12.9. The van der Waals surface area contributed by atoms with E-state index in [0.717, 1.165) is 11.1 Å². The molecule has 2 heterocycles. The highest BCUT2D eigenvalue weighted by molar-refractivity contribution is 5.95. The molecule has 0 aliphatic carbocycles. The molecule has 1 unspecified atom stereocenters. The number of methoxy groups -OCH3 is 1. The summed E-state index contributed by atoms with van der Waals surface area (Å²) in [5.74, 6) is 0.905. The first-order valence-electron chi connectivity index (χ1n) is 8.79. The Bertz CT molecular complexity index is 1070. The highest BCUT2D eigenvalue weighted by atomic mass is 16.5. The second-order valence-corrected chi connectivity index (χ2v) is 6.54. The minimum Gasteiger partial charge on any atom is -0.495 e. The van der Waals surface area contributed by atoms with Crippen LogP contribution in [0.25, 0.3) is 11.1 Å². The molecule has 0 bridgehead atoms. The van der Waals surface area contributed by atoms with Gasteiger partial charge in [0.2, 0.25) is 11.6 Å². The number of benzene rings is 1. The highest BCUT2D eigenvalue weighted by Crippen LogP contribution is 2.27. The van der Waals surface area contributed by atoms with Gasteiger partial charge >= 0.3 is 0 Å². The van der Waals surface area contributed by atoms with E-state index in [4.69, 9.17) is 9.15 Å². The average molecular weight is 369 g/mol. The molecule has 0 radical (unpaired) electrons. The van der Waals surface area contributed by atoms with Crippen LogP contribution in [0, 0.1) is 20.8 Å². The molecule has 2 aromatic heterocycles. The summed E-state index contributed by atoms with van der Waals surface area (Å²) < 4.78 is 12.2. The van der Waals surface area contributed by atoms with Crippen LogP contribution in [-0.4, -0.2) is 22.6 Å². The van der Waals surface area contributed by atoms with E-state index in [1.54, 1.807) is 20.1 Å². The van der Waals surface area contributed by atoms with Crippen LogP contribution in [-0.2, 0) is 4.79 Å². The molecule has 0 saturated carbocycles. The number of aryl methyl sites for hydroxylation is 3. The van der Waals surface area contributed by atoms with Crippen molar-refractivity contribution in [3.05, 3.63) is 51.8 Å². The molecule has 0 saturated heterocycles. The fourth-order valence-corrected chi connectivity index (χ4v) is 3.11. The van der Waals surface area contributed by atoms with Crippen LogP contribution in [0.5, 0.6) is 5.75 Å². The Balaban J connectivity index is 2.00. The van der Waals surface area contributed by atoms with Gasteiger partial charge in [-0.1, -0.05) is 13.0 Å². The van der Waals surface area contributed by atoms with Crippen LogP contribution in [0.2, 0.25) is 0 Å². The Labute approximate surface area is 157 Å². The lowest BCUT2D eigenvalue weighted by Crippen LogP contribution is -2.33. The maximum Gasteiger partial charge on any atom is 0.265 e. The number of amides is 1. The number of furan rings is 1. The first kappa shape index (κ1) is 18.7. The summed E-state index contributed by atoms with van der Waals surface area (Å²) >= 11 is 0. The summed E-state index contributed by atoms with van der Waals surface area (Å²) in [7, 11) is 1.55. The van der Waals surface area contributed by atoms with E-state index < -0.39 is 6.04 Å². The molecule has 7 heteroatoms. The normalized spacial score (nSPS) is 12.2. The van der Waals surface area contributed by atoms with E-state index >= 15 is 0 Å². The van der Waals surface area contributed by atoms with Gasteiger partial charge in [-0.2, -0.15) is 0 Å². The Morgan fingerprint density at radius 2 is 2.07 bits per heavy atom. The molecule has 0 aliphatic heterocycles. The number of hydrogen-bond donors (Lipinski definition) is 1. The number of nitrogens with zero attached hydrogens (tertiary/aromatic N) is 2.